The molecular weight excluding hydrogens is 554 g/mol. The summed E-state index contributed by atoms with van der Waals surface area (Å²) in [5.41, 5.74) is 6.44. The van der Waals surface area contributed by atoms with E-state index in [1.807, 2.05) is 54.6 Å². The molecule has 2 amide bonds. The lowest BCUT2D eigenvalue weighted by molar-refractivity contribution is -0.136. The van der Waals surface area contributed by atoms with Crippen LogP contribution in [0, 0.1) is 5.92 Å². The van der Waals surface area contributed by atoms with Crippen molar-refractivity contribution in [2.45, 2.75) is 33.1 Å². The van der Waals surface area contributed by atoms with E-state index in [9.17, 15) is 14.4 Å². The first-order valence-electron chi connectivity index (χ1n) is 13.6. The van der Waals surface area contributed by atoms with Gasteiger partial charge in [-0.3, -0.25) is 9.59 Å². The number of carbonyl (C=O) groups is 3. The summed E-state index contributed by atoms with van der Waals surface area (Å²) in [7, 11) is 1.60. The van der Waals surface area contributed by atoms with E-state index in [2.05, 4.69) is 22.8 Å². The minimum atomic E-state index is -0.970. The lowest BCUT2D eigenvalue weighted by Gasteiger charge is -2.18. The Morgan fingerprint density at radius 2 is 1.88 bits per heavy atom. The van der Waals surface area contributed by atoms with Crippen LogP contribution in [-0.2, 0) is 27.2 Å². The molecule has 10 nitrogen and oxygen atoms in total. The number of hydrogen-bond acceptors (Lipinski definition) is 8. The smallest absolute Gasteiger partial charge is 0.341 e. The van der Waals surface area contributed by atoms with Crippen LogP contribution in [0.25, 0.3) is 16.9 Å². The maximum absolute atomic E-state index is 12.8. The van der Waals surface area contributed by atoms with Gasteiger partial charge >= 0.3 is 17.8 Å². The highest BCUT2D eigenvalue weighted by atomic mass is 32.1. The number of methoxy groups -OCH3 is 1. The first kappa shape index (κ1) is 28.7. The third-order valence-corrected chi connectivity index (χ3v) is 8.09. The fourth-order valence-electron chi connectivity index (χ4n) is 4.80. The fourth-order valence-corrected chi connectivity index (χ4v) is 6.19. The van der Waals surface area contributed by atoms with Crippen LogP contribution in [0.5, 0.6) is 5.75 Å². The van der Waals surface area contributed by atoms with Crippen molar-refractivity contribution in [3.63, 3.8) is 0 Å². The summed E-state index contributed by atoms with van der Waals surface area (Å²) < 4.78 is 12.2. The molecule has 2 aromatic carbocycles. The summed E-state index contributed by atoms with van der Waals surface area (Å²) in [6, 6.07) is 17.0. The maximum Gasteiger partial charge on any atom is 0.341 e. The second-order valence-corrected chi connectivity index (χ2v) is 11.0. The molecule has 0 radical (unpaired) electrons. The van der Waals surface area contributed by atoms with E-state index in [0.29, 0.717) is 33.5 Å². The molecule has 4 aromatic rings. The number of esters is 1. The van der Waals surface area contributed by atoms with Gasteiger partial charge in [-0.15, -0.1) is 11.3 Å². The summed E-state index contributed by atoms with van der Waals surface area (Å²) in [6.45, 7) is 4.09. The number of hydrogen-bond donors (Lipinski definition) is 2. The zero-order chi connectivity index (χ0) is 29.6. The molecule has 2 N–H and O–H groups in total. The molecule has 1 aliphatic rings. The molecule has 0 spiro atoms. The van der Waals surface area contributed by atoms with Gasteiger partial charge in [0.25, 0.3) is 0 Å². The van der Waals surface area contributed by atoms with Crippen molar-refractivity contribution in [2.75, 3.05) is 19.0 Å². The van der Waals surface area contributed by atoms with Crippen LogP contribution in [0.15, 0.2) is 65.9 Å². The van der Waals surface area contributed by atoms with Crippen LogP contribution in [0.2, 0.25) is 0 Å². The predicted octanol–water partition coefficient (Wildman–Crippen LogP) is 5.00. The minimum Gasteiger partial charge on any atom is -0.497 e. The lowest BCUT2D eigenvalue weighted by atomic mass is 9.88. The van der Waals surface area contributed by atoms with Gasteiger partial charge in [0.1, 0.15) is 16.4 Å². The summed E-state index contributed by atoms with van der Waals surface area (Å²) in [4.78, 5) is 39.3. The van der Waals surface area contributed by atoms with E-state index in [-0.39, 0.29) is 6.61 Å². The normalized spacial score (nSPS) is 14.3. The average Bonchev–Trinajstić information content (AvgIpc) is 3.58. The Bertz CT molecular complexity index is 1630. The zero-order valence-electron chi connectivity index (χ0n) is 23.5. The number of amides is 2. The molecular formula is C31H31N5O5S. The van der Waals surface area contributed by atoms with Gasteiger partial charge in [0.15, 0.2) is 0 Å². The maximum atomic E-state index is 12.8. The first-order chi connectivity index (χ1) is 20.4. The fraction of sp³-hybridized carbons (Fsp3) is 0.258. The summed E-state index contributed by atoms with van der Waals surface area (Å²) in [5.74, 6) is -1.22. The van der Waals surface area contributed by atoms with Crippen molar-refractivity contribution in [3.8, 4) is 22.7 Å². The summed E-state index contributed by atoms with van der Waals surface area (Å²) in [5, 5.41) is 11.7. The van der Waals surface area contributed by atoms with Crippen molar-refractivity contribution in [2.24, 2.45) is 11.0 Å². The molecule has 1 aliphatic carbocycles. The van der Waals surface area contributed by atoms with Crippen LogP contribution in [0.3, 0.4) is 0 Å². The van der Waals surface area contributed by atoms with Crippen LogP contribution in [-0.4, -0.2) is 47.5 Å². The second-order valence-electron chi connectivity index (χ2n) is 9.87. The van der Waals surface area contributed by atoms with Gasteiger partial charge in [-0.25, -0.2) is 14.9 Å². The minimum absolute atomic E-state index is 0.210. The topological polar surface area (TPSA) is 124 Å². The molecule has 0 bridgehead atoms. The van der Waals surface area contributed by atoms with Gasteiger partial charge < -0.3 is 14.8 Å². The number of ether oxygens (including phenoxy) is 2. The SMILES string of the molecule is CCOC(=O)c1c(NC(=O)C(=O)N/N=C\c2cn(-c3ccccc3)nc2-c2ccc(OC)cc2)sc2c1CC[C@H](C)C2. The molecule has 0 saturated heterocycles. The Kier molecular flexibility index (Phi) is 8.77. The molecule has 0 aliphatic heterocycles. The molecule has 2 heterocycles. The average molecular weight is 586 g/mol. The van der Waals surface area contributed by atoms with Crippen molar-refractivity contribution in [1.29, 1.82) is 0 Å². The third-order valence-electron chi connectivity index (χ3n) is 6.92. The second kappa shape index (κ2) is 12.8. The molecule has 1 atom stereocenters. The lowest BCUT2D eigenvalue weighted by Crippen LogP contribution is -2.32. The van der Waals surface area contributed by atoms with Gasteiger partial charge in [-0.05, 0) is 74.1 Å². The molecule has 0 fully saturated rings. The van der Waals surface area contributed by atoms with E-state index in [0.717, 1.165) is 41.0 Å². The number of rotatable bonds is 8. The largest absolute Gasteiger partial charge is 0.497 e. The number of nitrogens with zero attached hydrogens (tertiary/aromatic N) is 3. The Morgan fingerprint density at radius 1 is 1.12 bits per heavy atom. The zero-order valence-corrected chi connectivity index (χ0v) is 24.4. The number of nitrogens with one attached hydrogen (secondary N) is 2. The molecule has 42 heavy (non-hydrogen) atoms. The van der Waals surface area contributed by atoms with Crippen molar-refractivity contribution >= 4 is 40.3 Å². The highest BCUT2D eigenvalue weighted by Gasteiger charge is 2.30. The number of carbonyl (C=O) groups excluding carboxylic acids is 3. The highest BCUT2D eigenvalue weighted by Crippen LogP contribution is 2.40. The standard InChI is InChI=1S/C31H31N5O5S/c1-4-41-31(39)26-24-15-10-19(2)16-25(24)42-30(26)33-28(37)29(38)34-32-17-21-18-36(22-8-6-5-7-9-22)35-27(21)20-11-13-23(40-3)14-12-20/h5-9,11-14,17-19H,4,10,15-16H2,1-3H3,(H,33,37)(H,34,38)/b32-17-/t19-/m0/s1. The van der Waals surface area contributed by atoms with E-state index >= 15 is 0 Å². The van der Waals surface area contributed by atoms with Crippen LogP contribution < -0.4 is 15.5 Å². The highest BCUT2D eigenvalue weighted by molar-refractivity contribution is 7.17. The molecule has 0 saturated carbocycles. The quantitative estimate of drug-likeness (QED) is 0.130. The Labute approximate surface area is 247 Å². The van der Waals surface area contributed by atoms with Crippen LogP contribution in [0.1, 0.15) is 46.6 Å². The Hall–Kier alpha value is -4.77. The molecule has 11 heteroatoms. The number of fused-ring (bicyclic) bond motifs is 1. The van der Waals surface area contributed by atoms with Gasteiger partial charge in [0, 0.05) is 22.2 Å². The van der Waals surface area contributed by atoms with Crippen molar-refractivity contribution in [1.82, 2.24) is 15.2 Å². The van der Waals surface area contributed by atoms with E-state index < -0.39 is 17.8 Å². The number of aromatic nitrogens is 2. The van der Waals surface area contributed by atoms with Gasteiger partial charge in [0.2, 0.25) is 0 Å². The van der Waals surface area contributed by atoms with Gasteiger partial charge in [0.05, 0.1) is 31.2 Å². The van der Waals surface area contributed by atoms with E-state index in [1.165, 1.54) is 17.6 Å². The Balaban J connectivity index is 1.34. The number of anilines is 1. The van der Waals surface area contributed by atoms with Gasteiger partial charge in [-0.1, -0.05) is 25.1 Å². The monoisotopic (exact) mass is 585 g/mol. The molecule has 5 rings (SSSR count). The van der Waals surface area contributed by atoms with E-state index in [4.69, 9.17) is 14.6 Å². The van der Waals surface area contributed by atoms with Crippen molar-refractivity contribution in [3.05, 3.63) is 82.4 Å². The number of thiophene rings is 1. The first-order valence-corrected chi connectivity index (χ1v) is 14.4. The molecule has 0 unspecified atom stereocenters. The summed E-state index contributed by atoms with van der Waals surface area (Å²) >= 11 is 1.32. The Morgan fingerprint density at radius 3 is 2.60 bits per heavy atom. The number of benzene rings is 2. The summed E-state index contributed by atoms with van der Waals surface area (Å²) in [6.07, 6.45) is 5.70. The van der Waals surface area contributed by atoms with Gasteiger partial charge in [-0.2, -0.15) is 10.2 Å². The number of hydrazone groups is 1. The predicted molar refractivity (Wildman–Crippen MR) is 161 cm³/mol. The van der Waals surface area contributed by atoms with E-state index in [1.54, 1.807) is 24.9 Å². The molecule has 2 aromatic heterocycles. The van der Waals surface area contributed by atoms with Crippen LogP contribution >= 0.6 is 11.3 Å². The molecule has 216 valence electrons. The van der Waals surface area contributed by atoms with Crippen LogP contribution in [0.4, 0.5) is 5.00 Å². The third kappa shape index (κ3) is 6.26. The number of para-hydroxylation sites is 1. The van der Waals surface area contributed by atoms with Crippen molar-refractivity contribution < 1.29 is 23.9 Å².